The summed E-state index contributed by atoms with van der Waals surface area (Å²) in [5, 5.41) is 12.0. The van der Waals surface area contributed by atoms with Gasteiger partial charge in [0, 0.05) is 25.6 Å². The van der Waals surface area contributed by atoms with E-state index in [0.717, 1.165) is 0 Å². The Bertz CT molecular complexity index is 679. The second-order valence-electron chi connectivity index (χ2n) is 9.96. The Morgan fingerprint density at radius 3 is 2.19 bits per heavy atom. The highest BCUT2D eigenvalue weighted by Gasteiger charge is 2.39. The van der Waals surface area contributed by atoms with Crippen molar-refractivity contribution < 1.29 is 29.0 Å². The lowest BCUT2D eigenvalue weighted by Gasteiger charge is -2.36. The minimum Gasteiger partial charge on any atom is -0.480 e. The van der Waals surface area contributed by atoms with Crippen LogP contribution in [0.3, 0.4) is 0 Å². The van der Waals surface area contributed by atoms with Gasteiger partial charge in [0.2, 0.25) is 11.8 Å². The molecule has 176 valence electrons. The first-order chi connectivity index (χ1) is 14.4. The molecule has 2 atom stereocenters. The zero-order chi connectivity index (χ0) is 23.3. The predicted molar refractivity (Wildman–Crippen MR) is 114 cm³/mol. The largest absolute Gasteiger partial charge is 0.480 e. The third kappa shape index (κ3) is 7.11. The number of piperidine rings is 1. The lowest BCUT2D eigenvalue weighted by molar-refractivity contribution is -0.151. The number of nitrogens with zero attached hydrogens (tertiary/aromatic N) is 2. The molecule has 2 aliphatic rings. The molecular formula is C22H37N3O6. The molecule has 0 bridgehead atoms. The highest BCUT2D eigenvalue weighted by Crippen LogP contribution is 2.26. The number of carboxylic acids is 1. The number of ether oxygens (including phenoxy) is 1. The van der Waals surface area contributed by atoms with Gasteiger partial charge in [-0.2, -0.15) is 0 Å². The normalized spacial score (nSPS) is 21.2. The Balaban J connectivity index is 1.95. The lowest BCUT2D eigenvalue weighted by Crippen LogP contribution is -2.53. The van der Waals surface area contributed by atoms with Crippen LogP contribution in [0.1, 0.15) is 66.7 Å². The molecule has 0 aromatic heterocycles. The van der Waals surface area contributed by atoms with E-state index in [2.05, 4.69) is 5.32 Å². The molecule has 2 aliphatic heterocycles. The van der Waals surface area contributed by atoms with Crippen LogP contribution in [0.2, 0.25) is 0 Å². The van der Waals surface area contributed by atoms with Crippen molar-refractivity contribution in [3.05, 3.63) is 0 Å². The molecule has 0 aromatic carbocycles. The van der Waals surface area contributed by atoms with Crippen molar-refractivity contribution in [2.45, 2.75) is 84.4 Å². The lowest BCUT2D eigenvalue weighted by atomic mass is 9.93. The number of amides is 3. The monoisotopic (exact) mass is 439 g/mol. The van der Waals surface area contributed by atoms with E-state index in [9.17, 15) is 24.3 Å². The number of rotatable bonds is 6. The molecule has 31 heavy (non-hydrogen) atoms. The van der Waals surface area contributed by atoms with Crippen LogP contribution in [0.5, 0.6) is 0 Å². The van der Waals surface area contributed by atoms with Crippen LogP contribution in [0.4, 0.5) is 4.79 Å². The van der Waals surface area contributed by atoms with Crippen LogP contribution < -0.4 is 5.32 Å². The van der Waals surface area contributed by atoms with Gasteiger partial charge >= 0.3 is 12.1 Å². The molecule has 9 nitrogen and oxygen atoms in total. The maximum atomic E-state index is 13.1. The number of hydrogen-bond donors (Lipinski definition) is 2. The summed E-state index contributed by atoms with van der Waals surface area (Å²) in [5.41, 5.74) is -0.655. The maximum absolute atomic E-state index is 13.1. The van der Waals surface area contributed by atoms with Gasteiger partial charge in [0.25, 0.3) is 0 Å². The fraction of sp³-hybridized carbons (Fsp3) is 0.818. The minimum atomic E-state index is -0.955. The SMILES string of the molecule is CC(C)CC(NC(=O)OC(C)(C)C)C(=O)N1CCC(C(=O)N2CCCC2C(=O)O)CC1. The predicted octanol–water partition coefficient (Wildman–Crippen LogP) is 2.24. The topological polar surface area (TPSA) is 116 Å². The number of hydrogen-bond acceptors (Lipinski definition) is 5. The van der Waals surface area contributed by atoms with Crippen LogP contribution in [0, 0.1) is 11.8 Å². The molecule has 0 aliphatic carbocycles. The summed E-state index contributed by atoms with van der Waals surface area (Å²) < 4.78 is 5.30. The Kier molecular flexibility index (Phi) is 8.31. The molecule has 2 saturated heterocycles. The summed E-state index contributed by atoms with van der Waals surface area (Å²) in [6.07, 6.45) is 2.05. The third-order valence-electron chi connectivity index (χ3n) is 5.67. The van der Waals surface area contributed by atoms with E-state index >= 15 is 0 Å². The van der Waals surface area contributed by atoms with Gasteiger partial charge in [0.05, 0.1) is 0 Å². The molecular weight excluding hydrogens is 402 g/mol. The van der Waals surface area contributed by atoms with Gasteiger partial charge in [0.15, 0.2) is 0 Å². The standard InChI is InChI=1S/C22H37N3O6/c1-14(2)13-16(23-21(30)31-22(3,4)5)19(27)24-11-8-15(9-12-24)18(26)25-10-6-7-17(25)20(28)29/h14-17H,6-13H2,1-5H3,(H,23,30)(H,28,29). The molecule has 0 spiro atoms. The molecule has 2 heterocycles. The first-order valence-corrected chi connectivity index (χ1v) is 11.2. The Hall–Kier alpha value is -2.32. The zero-order valence-corrected chi connectivity index (χ0v) is 19.3. The number of carbonyl (C=O) groups excluding carboxylic acids is 3. The Morgan fingerprint density at radius 1 is 1.06 bits per heavy atom. The zero-order valence-electron chi connectivity index (χ0n) is 19.3. The smallest absolute Gasteiger partial charge is 0.408 e. The van der Waals surface area contributed by atoms with Gasteiger partial charge in [0.1, 0.15) is 17.7 Å². The number of carbonyl (C=O) groups is 4. The van der Waals surface area contributed by atoms with Gasteiger partial charge in [-0.1, -0.05) is 13.8 Å². The van der Waals surface area contributed by atoms with Crippen LogP contribution >= 0.6 is 0 Å². The summed E-state index contributed by atoms with van der Waals surface area (Å²) in [4.78, 5) is 52.7. The minimum absolute atomic E-state index is 0.123. The highest BCUT2D eigenvalue weighted by molar-refractivity contribution is 5.87. The van der Waals surface area contributed by atoms with E-state index in [1.165, 1.54) is 4.90 Å². The summed E-state index contributed by atoms with van der Waals surface area (Å²) >= 11 is 0. The van der Waals surface area contributed by atoms with E-state index in [0.29, 0.717) is 51.7 Å². The summed E-state index contributed by atoms with van der Waals surface area (Å²) in [6, 6.07) is -1.42. The van der Waals surface area contributed by atoms with Crippen molar-refractivity contribution in [2.24, 2.45) is 11.8 Å². The quantitative estimate of drug-likeness (QED) is 0.656. The maximum Gasteiger partial charge on any atom is 0.408 e. The van der Waals surface area contributed by atoms with Crippen LogP contribution in [-0.2, 0) is 19.1 Å². The van der Waals surface area contributed by atoms with Crippen LogP contribution in [0.25, 0.3) is 0 Å². The van der Waals surface area contributed by atoms with E-state index in [1.807, 2.05) is 13.8 Å². The van der Waals surface area contributed by atoms with Crippen molar-refractivity contribution in [1.82, 2.24) is 15.1 Å². The first kappa shape index (κ1) is 24.9. The van der Waals surface area contributed by atoms with Crippen molar-refractivity contribution in [3.8, 4) is 0 Å². The number of carboxylic acid groups (broad SMARTS) is 1. The fourth-order valence-corrected chi connectivity index (χ4v) is 4.23. The first-order valence-electron chi connectivity index (χ1n) is 11.2. The average Bonchev–Trinajstić information content (AvgIpc) is 3.14. The molecule has 0 saturated carbocycles. The average molecular weight is 440 g/mol. The molecule has 2 N–H and O–H groups in total. The number of alkyl carbamates (subject to hydrolysis) is 1. The molecule has 2 rings (SSSR count). The van der Waals surface area contributed by atoms with Crippen molar-refractivity contribution >= 4 is 23.9 Å². The fourth-order valence-electron chi connectivity index (χ4n) is 4.23. The van der Waals surface area contributed by atoms with Crippen LogP contribution in [0.15, 0.2) is 0 Å². The Labute approximate surface area is 184 Å². The van der Waals surface area contributed by atoms with E-state index in [1.54, 1.807) is 25.7 Å². The van der Waals surface area contributed by atoms with Gasteiger partial charge in [-0.3, -0.25) is 9.59 Å². The number of aliphatic carboxylic acids is 1. The molecule has 3 amide bonds. The van der Waals surface area contributed by atoms with Gasteiger partial charge in [-0.15, -0.1) is 0 Å². The van der Waals surface area contributed by atoms with Crippen LogP contribution in [-0.4, -0.2) is 76.1 Å². The number of likely N-dealkylation sites (tertiary alicyclic amines) is 2. The molecule has 0 aromatic rings. The number of nitrogens with one attached hydrogen (secondary N) is 1. The van der Waals surface area contributed by atoms with Crippen molar-refractivity contribution in [3.63, 3.8) is 0 Å². The van der Waals surface area contributed by atoms with Gasteiger partial charge in [-0.25, -0.2) is 9.59 Å². The second kappa shape index (κ2) is 10.3. The third-order valence-corrected chi connectivity index (χ3v) is 5.67. The van der Waals surface area contributed by atoms with Gasteiger partial charge < -0.3 is 25.0 Å². The van der Waals surface area contributed by atoms with E-state index < -0.39 is 29.7 Å². The summed E-state index contributed by atoms with van der Waals surface area (Å²) in [7, 11) is 0. The molecule has 2 fully saturated rings. The van der Waals surface area contributed by atoms with E-state index in [-0.39, 0.29) is 23.7 Å². The second-order valence-corrected chi connectivity index (χ2v) is 9.96. The summed E-state index contributed by atoms with van der Waals surface area (Å²) in [6.45, 7) is 10.6. The highest BCUT2D eigenvalue weighted by atomic mass is 16.6. The molecule has 2 unspecified atom stereocenters. The molecule has 9 heteroatoms. The Morgan fingerprint density at radius 2 is 1.68 bits per heavy atom. The molecule has 0 radical (unpaired) electrons. The van der Waals surface area contributed by atoms with Crippen molar-refractivity contribution in [2.75, 3.05) is 19.6 Å². The van der Waals surface area contributed by atoms with Gasteiger partial charge in [-0.05, 0) is 58.8 Å². The van der Waals surface area contributed by atoms with Crippen molar-refractivity contribution in [1.29, 1.82) is 0 Å². The summed E-state index contributed by atoms with van der Waals surface area (Å²) in [5.74, 6) is -1.32. The van der Waals surface area contributed by atoms with E-state index in [4.69, 9.17) is 4.74 Å².